The summed E-state index contributed by atoms with van der Waals surface area (Å²) in [5, 5.41) is 0. The fourth-order valence-electron chi connectivity index (χ4n) is 5.71. The largest absolute Gasteiger partial charge is 0.395 e. The fourth-order valence-corrected chi connectivity index (χ4v) is 24.4. The van der Waals surface area contributed by atoms with E-state index in [4.69, 9.17) is 14.6 Å². The van der Waals surface area contributed by atoms with Gasteiger partial charge in [0.15, 0.2) is 0 Å². The first-order chi connectivity index (χ1) is 12.2. The van der Waals surface area contributed by atoms with Crippen molar-refractivity contribution in [3.05, 3.63) is 0 Å². The van der Waals surface area contributed by atoms with Gasteiger partial charge in [-0.25, -0.2) is 0 Å². The molecule has 0 rings (SSSR count). The minimum absolute atomic E-state index is 0.0823. The van der Waals surface area contributed by atoms with Crippen molar-refractivity contribution in [2.45, 2.75) is 115 Å². The molecule has 0 bridgehead atoms. The highest BCUT2D eigenvalue weighted by Gasteiger charge is 2.58. The minimum Gasteiger partial charge on any atom is -0.395 e. The lowest BCUT2D eigenvalue weighted by Gasteiger charge is -2.57. The van der Waals surface area contributed by atoms with Crippen LogP contribution in [0.4, 0.5) is 0 Å². The van der Waals surface area contributed by atoms with Crippen LogP contribution in [0, 0.1) is 0 Å². The summed E-state index contributed by atoms with van der Waals surface area (Å²) in [5.74, 6) is 0. The molecule has 0 spiro atoms. The van der Waals surface area contributed by atoms with Crippen molar-refractivity contribution in [3.63, 3.8) is 0 Å². The van der Waals surface area contributed by atoms with Crippen LogP contribution in [-0.2, 0) is 8.85 Å². The van der Waals surface area contributed by atoms with Gasteiger partial charge in [0.1, 0.15) is 0 Å². The Morgan fingerprint density at radius 1 is 0.654 bits per heavy atom. The standard InChI is InChI=1S/C20H49NO2Si3/c1-10-22-24(9,23-11-2)19-18-20(21,25(12-3,13-4)14-5)26(15-6,16-7)17-8/h10-19,21H2,1-9H3. The maximum atomic E-state index is 7.65. The summed E-state index contributed by atoms with van der Waals surface area (Å²) in [7, 11) is -5.26. The van der Waals surface area contributed by atoms with Gasteiger partial charge in [0.05, 0.1) is 16.1 Å². The van der Waals surface area contributed by atoms with Crippen LogP contribution in [0.25, 0.3) is 0 Å². The Morgan fingerprint density at radius 3 is 1.19 bits per heavy atom. The number of nitrogens with two attached hydrogens (primary N) is 1. The highest BCUT2D eigenvalue weighted by molar-refractivity contribution is 7.01. The average molecular weight is 420 g/mol. The molecular weight excluding hydrogens is 370 g/mol. The predicted molar refractivity (Wildman–Crippen MR) is 126 cm³/mol. The Kier molecular flexibility index (Phi) is 11.7. The second-order valence-electron chi connectivity index (χ2n) is 8.15. The van der Waals surface area contributed by atoms with Crippen molar-refractivity contribution in [2.75, 3.05) is 13.2 Å². The van der Waals surface area contributed by atoms with Crippen LogP contribution in [0.3, 0.4) is 0 Å². The Balaban J connectivity index is 6.10. The Hall–Kier alpha value is 0.531. The molecule has 26 heavy (non-hydrogen) atoms. The van der Waals surface area contributed by atoms with E-state index in [0.29, 0.717) is 0 Å². The Bertz CT molecular complexity index is 343. The van der Waals surface area contributed by atoms with Gasteiger partial charge in [-0.1, -0.05) is 77.8 Å². The third-order valence-corrected chi connectivity index (χ3v) is 26.4. The van der Waals surface area contributed by atoms with Crippen molar-refractivity contribution in [1.29, 1.82) is 0 Å². The predicted octanol–water partition coefficient (Wildman–Crippen LogP) is 6.31. The molecule has 0 radical (unpaired) electrons. The summed E-state index contributed by atoms with van der Waals surface area (Å²) in [6.45, 7) is 22.4. The highest BCUT2D eigenvalue weighted by Crippen LogP contribution is 2.45. The van der Waals surface area contributed by atoms with Gasteiger partial charge in [0, 0.05) is 18.0 Å². The zero-order valence-electron chi connectivity index (χ0n) is 19.5. The minimum atomic E-state index is -2.13. The fraction of sp³-hybridized carbons (Fsp3) is 1.00. The summed E-state index contributed by atoms with van der Waals surface area (Å²) in [4.78, 5) is 0.0823. The van der Waals surface area contributed by atoms with E-state index >= 15 is 0 Å². The summed E-state index contributed by atoms with van der Waals surface area (Å²) in [6, 6.07) is 8.92. The van der Waals surface area contributed by atoms with E-state index in [1.807, 2.05) is 0 Å². The second kappa shape index (κ2) is 11.5. The molecule has 0 fully saturated rings. The summed E-state index contributed by atoms with van der Waals surface area (Å²) < 4.78 is 12.4. The molecule has 0 unspecified atom stereocenters. The summed E-state index contributed by atoms with van der Waals surface area (Å²) in [6.07, 6.45) is 1.12. The molecule has 0 aliphatic heterocycles. The van der Waals surface area contributed by atoms with Crippen molar-refractivity contribution in [2.24, 2.45) is 5.73 Å². The lowest BCUT2D eigenvalue weighted by atomic mass is 10.5. The highest BCUT2D eigenvalue weighted by atomic mass is 28.4. The second-order valence-corrected chi connectivity index (χ2v) is 23.1. The zero-order chi connectivity index (χ0) is 20.5. The molecule has 0 atom stereocenters. The van der Waals surface area contributed by atoms with E-state index in [9.17, 15) is 0 Å². The maximum absolute atomic E-state index is 7.65. The van der Waals surface area contributed by atoms with Crippen LogP contribution in [0.1, 0.15) is 61.8 Å². The van der Waals surface area contributed by atoms with Gasteiger partial charge in [-0.05, 0) is 32.9 Å². The number of hydrogen-bond acceptors (Lipinski definition) is 3. The van der Waals surface area contributed by atoms with E-state index in [-0.39, 0.29) is 4.79 Å². The molecule has 158 valence electrons. The topological polar surface area (TPSA) is 44.5 Å². The first-order valence-corrected chi connectivity index (χ1v) is 19.0. The lowest BCUT2D eigenvalue weighted by Crippen LogP contribution is -2.77. The summed E-state index contributed by atoms with van der Waals surface area (Å²) >= 11 is 0. The van der Waals surface area contributed by atoms with E-state index in [2.05, 4.69) is 61.9 Å². The normalized spacial score (nSPS) is 14.1. The van der Waals surface area contributed by atoms with Gasteiger partial charge in [0.2, 0.25) is 0 Å². The molecule has 0 aliphatic rings. The van der Waals surface area contributed by atoms with Crippen molar-refractivity contribution in [3.8, 4) is 0 Å². The van der Waals surface area contributed by atoms with E-state index in [1.54, 1.807) is 0 Å². The molecular formula is C20H49NO2Si3. The van der Waals surface area contributed by atoms with Gasteiger partial charge in [0.25, 0.3) is 0 Å². The van der Waals surface area contributed by atoms with Crippen LogP contribution in [-0.4, -0.2) is 42.7 Å². The third kappa shape index (κ3) is 5.12. The maximum Gasteiger partial charge on any atom is 0.334 e. The van der Waals surface area contributed by atoms with Crippen LogP contribution in [0.15, 0.2) is 0 Å². The Labute approximate surface area is 168 Å². The number of hydrogen-bond donors (Lipinski definition) is 1. The van der Waals surface area contributed by atoms with E-state index in [1.165, 1.54) is 36.3 Å². The van der Waals surface area contributed by atoms with Crippen molar-refractivity contribution in [1.82, 2.24) is 0 Å². The molecule has 3 nitrogen and oxygen atoms in total. The molecule has 0 aliphatic carbocycles. The molecule has 2 N–H and O–H groups in total. The van der Waals surface area contributed by atoms with Crippen molar-refractivity contribution < 1.29 is 8.85 Å². The SMILES string of the molecule is CCO[Si](C)(CCC(N)([Si](CC)(CC)CC)[Si](CC)(CC)CC)OCC. The van der Waals surface area contributed by atoms with Gasteiger partial charge >= 0.3 is 8.56 Å². The molecule has 0 aromatic heterocycles. The van der Waals surface area contributed by atoms with E-state index < -0.39 is 24.7 Å². The number of rotatable bonds is 15. The van der Waals surface area contributed by atoms with Crippen LogP contribution < -0.4 is 5.73 Å². The molecule has 0 saturated heterocycles. The van der Waals surface area contributed by atoms with Gasteiger partial charge in [-0.3, -0.25) is 0 Å². The van der Waals surface area contributed by atoms with E-state index in [0.717, 1.165) is 25.7 Å². The Morgan fingerprint density at radius 2 is 0.962 bits per heavy atom. The van der Waals surface area contributed by atoms with Crippen LogP contribution in [0.2, 0.25) is 48.9 Å². The van der Waals surface area contributed by atoms with Crippen LogP contribution in [0.5, 0.6) is 0 Å². The zero-order valence-corrected chi connectivity index (χ0v) is 22.5. The average Bonchev–Trinajstić information content (AvgIpc) is 2.64. The third-order valence-electron chi connectivity index (χ3n) is 7.83. The molecule has 0 saturated carbocycles. The monoisotopic (exact) mass is 419 g/mol. The lowest BCUT2D eigenvalue weighted by molar-refractivity contribution is 0.187. The van der Waals surface area contributed by atoms with Crippen LogP contribution >= 0.6 is 0 Å². The van der Waals surface area contributed by atoms with Gasteiger partial charge in [-0.2, -0.15) is 0 Å². The summed E-state index contributed by atoms with van der Waals surface area (Å²) in [5.41, 5.74) is 7.65. The quantitative estimate of drug-likeness (QED) is 0.316. The van der Waals surface area contributed by atoms with Gasteiger partial charge in [-0.15, -0.1) is 0 Å². The molecule has 6 heteroatoms. The molecule has 0 amide bonds. The van der Waals surface area contributed by atoms with Crippen molar-refractivity contribution >= 4 is 24.7 Å². The first kappa shape index (κ1) is 26.5. The first-order valence-electron chi connectivity index (χ1n) is 11.3. The molecule has 0 aromatic rings. The molecule has 0 heterocycles. The smallest absolute Gasteiger partial charge is 0.334 e. The molecule has 0 aromatic carbocycles. The van der Waals surface area contributed by atoms with Gasteiger partial charge < -0.3 is 14.6 Å².